The maximum atomic E-state index is 11.7. The molecule has 1 aromatic rings. The van der Waals surface area contributed by atoms with Crippen LogP contribution in [0, 0.1) is 0 Å². The number of methoxy groups -OCH3 is 2. The summed E-state index contributed by atoms with van der Waals surface area (Å²) in [5.74, 6) is -0.281. The van der Waals surface area contributed by atoms with E-state index in [2.05, 4.69) is 10.3 Å². The zero-order valence-corrected chi connectivity index (χ0v) is 14.6. The van der Waals surface area contributed by atoms with E-state index >= 15 is 0 Å². The normalized spacial score (nSPS) is 17.2. The highest BCUT2D eigenvalue weighted by molar-refractivity contribution is 8.09. The highest BCUT2D eigenvalue weighted by Crippen LogP contribution is 2.40. The fourth-order valence-electron chi connectivity index (χ4n) is 2.28. The Hall–Kier alpha value is -2.48. The van der Waals surface area contributed by atoms with Crippen molar-refractivity contribution in [2.24, 2.45) is 4.99 Å². The first-order chi connectivity index (χ1) is 11.4. The number of nitrogens with one attached hydrogen (secondary N) is 1. The molecule has 7 nitrogen and oxygen atoms in total. The summed E-state index contributed by atoms with van der Waals surface area (Å²) in [5.41, 5.74) is 0.534. The van der Waals surface area contributed by atoms with Gasteiger partial charge in [-0.25, -0.2) is 4.79 Å². The van der Waals surface area contributed by atoms with E-state index in [9.17, 15) is 14.7 Å². The molecule has 1 amide bonds. The summed E-state index contributed by atoms with van der Waals surface area (Å²) in [4.78, 5) is 27.7. The summed E-state index contributed by atoms with van der Waals surface area (Å²) in [5, 5.41) is 12.2. The average molecular weight is 350 g/mol. The molecule has 1 aliphatic rings. The Morgan fingerprint density at radius 3 is 2.46 bits per heavy atom. The molecule has 0 saturated carbocycles. The van der Waals surface area contributed by atoms with E-state index in [1.807, 2.05) is 0 Å². The molecule has 128 valence electrons. The molecule has 1 aliphatic heterocycles. The molecule has 24 heavy (non-hydrogen) atoms. The van der Waals surface area contributed by atoms with Gasteiger partial charge in [0.25, 0.3) is 0 Å². The van der Waals surface area contributed by atoms with Crippen molar-refractivity contribution >= 4 is 34.3 Å². The third-order valence-corrected chi connectivity index (χ3v) is 4.44. The third-order valence-electron chi connectivity index (χ3n) is 3.32. The number of hydrogen-bond donors (Lipinski definition) is 2. The average Bonchev–Trinajstić information content (AvgIpc) is 2.52. The zero-order chi connectivity index (χ0) is 17.9. The minimum Gasteiger partial charge on any atom is -0.493 e. The monoisotopic (exact) mass is 350 g/mol. The van der Waals surface area contributed by atoms with Crippen molar-refractivity contribution in [2.75, 3.05) is 14.2 Å². The first kappa shape index (κ1) is 17.9. The van der Waals surface area contributed by atoms with Gasteiger partial charge in [-0.3, -0.25) is 9.79 Å². The maximum Gasteiger partial charge on any atom is 0.338 e. The van der Waals surface area contributed by atoms with Gasteiger partial charge < -0.3 is 19.9 Å². The SMILES string of the molecule is COc1ccc(C2=C(C(=O)O)C(C)=NC(NC(C)=O)S2)cc1OC. The van der Waals surface area contributed by atoms with E-state index < -0.39 is 11.5 Å². The number of carboxylic acids is 1. The summed E-state index contributed by atoms with van der Waals surface area (Å²) in [6.45, 7) is 3.00. The lowest BCUT2D eigenvalue weighted by atomic mass is 10.1. The van der Waals surface area contributed by atoms with E-state index in [-0.39, 0.29) is 11.5 Å². The predicted octanol–water partition coefficient (Wildman–Crippen LogP) is 2.13. The summed E-state index contributed by atoms with van der Waals surface area (Å²) < 4.78 is 10.5. The molecule has 2 rings (SSSR count). The Morgan fingerprint density at radius 2 is 1.92 bits per heavy atom. The number of rotatable bonds is 5. The second kappa shape index (κ2) is 7.39. The Bertz CT molecular complexity index is 742. The van der Waals surface area contributed by atoms with Crippen molar-refractivity contribution in [3.8, 4) is 11.5 Å². The third kappa shape index (κ3) is 3.70. The van der Waals surface area contributed by atoms with Crippen LogP contribution in [0.4, 0.5) is 0 Å². The summed E-state index contributed by atoms with van der Waals surface area (Å²) >= 11 is 1.17. The molecule has 8 heteroatoms. The lowest BCUT2D eigenvalue weighted by Gasteiger charge is -2.23. The Kier molecular flexibility index (Phi) is 5.50. The molecular formula is C16H18N2O5S. The molecule has 1 aromatic carbocycles. The first-order valence-electron chi connectivity index (χ1n) is 7.05. The number of carbonyl (C=O) groups is 2. The number of carbonyl (C=O) groups excluding carboxylic acids is 1. The minimum absolute atomic E-state index is 0.105. The number of aliphatic imine (C=N–C) groups is 1. The van der Waals surface area contributed by atoms with Gasteiger partial charge >= 0.3 is 5.97 Å². The lowest BCUT2D eigenvalue weighted by molar-refractivity contribution is -0.132. The highest BCUT2D eigenvalue weighted by atomic mass is 32.2. The fraction of sp³-hybridized carbons (Fsp3) is 0.312. The number of benzene rings is 1. The van der Waals surface area contributed by atoms with Crippen LogP contribution in [0.15, 0.2) is 28.8 Å². The van der Waals surface area contributed by atoms with Crippen LogP contribution >= 0.6 is 11.8 Å². The van der Waals surface area contributed by atoms with Gasteiger partial charge in [0.05, 0.1) is 25.5 Å². The molecule has 1 heterocycles. The number of amides is 1. The van der Waals surface area contributed by atoms with Crippen LogP contribution in [0.3, 0.4) is 0 Å². The number of thioether (sulfide) groups is 1. The molecule has 0 bridgehead atoms. The van der Waals surface area contributed by atoms with E-state index in [1.165, 1.54) is 32.9 Å². The fourth-order valence-corrected chi connectivity index (χ4v) is 3.55. The van der Waals surface area contributed by atoms with E-state index in [4.69, 9.17) is 9.47 Å². The molecule has 1 atom stereocenters. The quantitative estimate of drug-likeness (QED) is 0.844. The Labute approximate surface area is 143 Å². The molecule has 0 spiro atoms. The van der Waals surface area contributed by atoms with Crippen LogP contribution in [0.1, 0.15) is 19.4 Å². The van der Waals surface area contributed by atoms with E-state index in [1.54, 1.807) is 25.1 Å². The summed E-state index contributed by atoms with van der Waals surface area (Å²) in [7, 11) is 3.04. The molecule has 0 aromatic heterocycles. The lowest BCUT2D eigenvalue weighted by Crippen LogP contribution is -2.32. The maximum absolute atomic E-state index is 11.7. The molecule has 2 N–H and O–H groups in total. The van der Waals surface area contributed by atoms with Crippen molar-refractivity contribution in [3.05, 3.63) is 29.3 Å². The van der Waals surface area contributed by atoms with Crippen molar-refractivity contribution in [3.63, 3.8) is 0 Å². The molecule has 0 saturated heterocycles. The topological polar surface area (TPSA) is 97.2 Å². The van der Waals surface area contributed by atoms with Gasteiger partial charge in [-0.15, -0.1) is 0 Å². The molecule has 0 aliphatic carbocycles. The highest BCUT2D eigenvalue weighted by Gasteiger charge is 2.28. The van der Waals surface area contributed by atoms with Crippen LogP contribution < -0.4 is 14.8 Å². The Morgan fingerprint density at radius 1 is 1.25 bits per heavy atom. The van der Waals surface area contributed by atoms with Gasteiger partial charge in [0.1, 0.15) is 0 Å². The second-order valence-electron chi connectivity index (χ2n) is 4.96. The van der Waals surface area contributed by atoms with Crippen LogP contribution in [0.25, 0.3) is 4.91 Å². The van der Waals surface area contributed by atoms with Crippen molar-refractivity contribution in [1.29, 1.82) is 0 Å². The molecular weight excluding hydrogens is 332 g/mol. The molecule has 0 fully saturated rings. The van der Waals surface area contributed by atoms with Crippen LogP contribution in [-0.4, -0.2) is 42.4 Å². The van der Waals surface area contributed by atoms with Gasteiger partial charge in [-0.2, -0.15) is 0 Å². The first-order valence-corrected chi connectivity index (χ1v) is 7.93. The van der Waals surface area contributed by atoms with Crippen LogP contribution in [0.5, 0.6) is 11.5 Å². The standard InChI is InChI=1S/C16H18N2O5S/c1-8-13(15(20)21)14(24-16(17-8)18-9(2)19)10-5-6-11(22-3)12(7-10)23-4/h5-7,16H,1-4H3,(H,18,19)(H,20,21). The number of nitrogens with zero attached hydrogens (tertiary/aromatic N) is 1. The number of carboxylic acid groups (broad SMARTS) is 1. The number of aliphatic carboxylic acids is 1. The van der Waals surface area contributed by atoms with Gasteiger partial charge in [-0.05, 0) is 30.7 Å². The summed E-state index contributed by atoms with van der Waals surface area (Å²) in [6, 6.07) is 5.15. The van der Waals surface area contributed by atoms with Crippen molar-refractivity contribution in [1.82, 2.24) is 5.32 Å². The van der Waals surface area contributed by atoms with Gasteiger partial charge in [0.15, 0.2) is 17.0 Å². The van der Waals surface area contributed by atoms with Gasteiger partial charge in [0, 0.05) is 11.8 Å². The van der Waals surface area contributed by atoms with Crippen LogP contribution in [-0.2, 0) is 9.59 Å². The van der Waals surface area contributed by atoms with Crippen molar-refractivity contribution in [2.45, 2.75) is 19.3 Å². The zero-order valence-electron chi connectivity index (χ0n) is 13.7. The van der Waals surface area contributed by atoms with E-state index in [0.717, 1.165) is 0 Å². The second-order valence-corrected chi connectivity index (χ2v) is 6.05. The number of hydrogen-bond acceptors (Lipinski definition) is 6. The minimum atomic E-state index is -1.07. The van der Waals surface area contributed by atoms with Gasteiger partial charge in [-0.1, -0.05) is 11.8 Å². The smallest absolute Gasteiger partial charge is 0.338 e. The van der Waals surface area contributed by atoms with Crippen molar-refractivity contribution < 1.29 is 24.2 Å². The van der Waals surface area contributed by atoms with Gasteiger partial charge in [0.2, 0.25) is 5.91 Å². The van der Waals surface area contributed by atoms with E-state index in [0.29, 0.717) is 27.7 Å². The molecule has 0 radical (unpaired) electrons. The molecule has 1 unspecified atom stereocenters. The Balaban J connectivity index is 2.53. The van der Waals surface area contributed by atoms with Crippen LogP contribution in [0.2, 0.25) is 0 Å². The summed E-state index contributed by atoms with van der Waals surface area (Å²) in [6.07, 6.45) is 0. The number of ether oxygens (including phenoxy) is 2. The largest absolute Gasteiger partial charge is 0.493 e. The predicted molar refractivity (Wildman–Crippen MR) is 92.4 cm³/mol.